The molecule has 2 saturated carbocycles. The van der Waals surface area contributed by atoms with Crippen molar-refractivity contribution in [1.29, 1.82) is 0 Å². The largest absolute Gasteiger partial charge is 0.389 e. The van der Waals surface area contributed by atoms with Gasteiger partial charge in [-0.2, -0.15) is 0 Å². The third-order valence-corrected chi connectivity index (χ3v) is 4.75. The molecule has 0 bridgehead atoms. The third-order valence-electron chi connectivity index (χ3n) is 4.75. The Morgan fingerprint density at radius 1 is 1.12 bits per heavy atom. The quantitative estimate of drug-likeness (QED) is 0.798. The van der Waals surface area contributed by atoms with Gasteiger partial charge in [0.25, 0.3) is 0 Å². The van der Waals surface area contributed by atoms with Crippen LogP contribution < -0.4 is 0 Å². The van der Waals surface area contributed by atoms with Crippen LogP contribution in [0, 0.1) is 11.8 Å². The zero-order chi connectivity index (χ0) is 11.6. The van der Waals surface area contributed by atoms with Gasteiger partial charge in [-0.25, -0.2) is 0 Å². The third kappa shape index (κ3) is 2.43. The lowest BCUT2D eigenvalue weighted by Gasteiger charge is -2.50. The number of hydrogen-bond acceptors (Lipinski definition) is 2. The summed E-state index contributed by atoms with van der Waals surface area (Å²) in [5, 5.41) is 10.5. The van der Waals surface area contributed by atoms with Gasteiger partial charge in [0, 0.05) is 19.4 Å². The minimum absolute atomic E-state index is 0.332. The highest BCUT2D eigenvalue weighted by Crippen LogP contribution is 2.47. The van der Waals surface area contributed by atoms with Crippen LogP contribution in [-0.2, 0) is 4.74 Å². The molecule has 0 heterocycles. The number of rotatable bonds is 4. The standard InChI is InChI=1S/C14H26O2/c1-3-11-5-7-12(8-6-11)14(15)9-13(10-14)16-4-2/h11-13,15H,3-10H2,1-2H3. The summed E-state index contributed by atoms with van der Waals surface area (Å²) in [4.78, 5) is 0. The first-order chi connectivity index (χ1) is 7.68. The lowest BCUT2D eigenvalue weighted by molar-refractivity contribution is -0.173. The molecule has 1 N–H and O–H groups in total. The predicted octanol–water partition coefficient (Wildman–Crippen LogP) is 3.13. The van der Waals surface area contributed by atoms with E-state index in [1.807, 2.05) is 6.92 Å². The molecule has 0 amide bonds. The minimum atomic E-state index is -0.376. The van der Waals surface area contributed by atoms with Crippen LogP contribution in [-0.4, -0.2) is 23.4 Å². The van der Waals surface area contributed by atoms with Crippen LogP contribution in [0.15, 0.2) is 0 Å². The van der Waals surface area contributed by atoms with Crippen molar-refractivity contribution in [2.75, 3.05) is 6.61 Å². The highest BCUT2D eigenvalue weighted by atomic mass is 16.5. The van der Waals surface area contributed by atoms with Crippen LogP contribution in [0.2, 0.25) is 0 Å². The lowest BCUT2D eigenvalue weighted by Crippen LogP contribution is -2.54. The fraction of sp³-hybridized carbons (Fsp3) is 1.00. The lowest BCUT2D eigenvalue weighted by atomic mass is 9.63. The van der Waals surface area contributed by atoms with E-state index in [1.54, 1.807) is 0 Å². The molecule has 2 fully saturated rings. The first-order valence-electron chi connectivity index (χ1n) is 7.02. The van der Waals surface area contributed by atoms with Gasteiger partial charge in [-0.15, -0.1) is 0 Å². The molecule has 0 aromatic heterocycles. The summed E-state index contributed by atoms with van der Waals surface area (Å²) in [6.07, 6.45) is 8.50. The molecule has 2 rings (SSSR count). The fourth-order valence-electron chi connectivity index (χ4n) is 3.52. The molecule has 0 spiro atoms. The van der Waals surface area contributed by atoms with E-state index in [0.717, 1.165) is 25.4 Å². The Morgan fingerprint density at radius 3 is 2.25 bits per heavy atom. The zero-order valence-corrected chi connectivity index (χ0v) is 10.7. The van der Waals surface area contributed by atoms with Gasteiger partial charge in [0.05, 0.1) is 11.7 Å². The second kappa shape index (κ2) is 5.05. The predicted molar refractivity (Wildman–Crippen MR) is 65.3 cm³/mol. The first kappa shape index (κ1) is 12.4. The maximum atomic E-state index is 10.5. The summed E-state index contributed by atoms with van der Waals surface area (Å²) in [6, 6.07) is 0. The van der Waals surface area contributed by atoms with E-state index >= 15 is 0 Å². The minimum Gasteiger partial charge on any atom is -0.389 e. The molecular weight excluding hydrogens is 200 g/mol. The summed E-state index contributed by atoms with van der Waals surface area (Å²) in [5.74, 6) is 1.47. The second-order valence-electron chi connectivity index (χ2n) is 5.72. The first-order valence-corrected chi connectivity index (χ1v) is 7.02. The number of ether oxygens (including phenoxy) is 1. The molecular formula is C14H26O2. The maximum Gasteiger partial charge on any atom is 0.0725 e. The number of hydrogen-bond donors (Lipinski definition) is 1. The molecule has 0 atom stereocenters. The van der Waals surface area contributed by atoms with Gasteiger partial charge in [-0.1, -0.05) is 26.2 Å². The van der Waals surface area contributed by atoms with Crippen LogP contribution in [0.5, 0.6) is 0 Å². The van der Waals surface area contributed by atoms with Gasteiger partial charge in [-0.05, 0) is 31.6 Å². The molecule has 0 radical (unpaired) electrons. The van der Waals surface area contributed by atoms with Gasteiger partial charge >= 0.3 is 0 Å². The van der Waals surface area contributed by atoms with E-state index in [9.17, 15) is 5.11 Å². The highest BCUT2D eigenvalue weighted by molar-refractivity contribution is 5.00. The van der Waals surface area contributed by atoms with E-state index < -0.39 is 0 Å². The fourth-order valence-corrected chi connectivity index (χ4v) is 3.52. The Morgan fingerprint density at radius 2 is 1.75 bits per heavy atom. The molecule has 2 aliphatic carbocycles. The van der Waals surface area contributed by atoms with E-state index in [-0.39, 0.29) is 5.60 Å². The van der Waals surface area contributed by atoms with Crippen molar-refractivity contribution < 1.29 is 9.84 Å². The molecule has 0 aliphatic heterocycles. The van der Waals surface area contributed by atoms with Gasteiger partial charge in [0.2, 0.25) is 0 Å². The maximum absolute atomic E-state index is 10.5. The Hall–Kier alpha value is -0.0800. The van der Waals surface area contributed by atoms with Crippen molar-refractivity contribution in [1.82, 2.24) is 0 Å². The average molecular weight is 226 g/mol. The number of aliphatic hydroxyl groups is 1. The van der Waals surface area contributed by atoms with Crippen molar-refractivity contribution >= 4 is 0 Å². The molecule has 0 unspecified atom stereocenters. The van der Waals surface area contributed by atoms with Crippen LogP contribution in [0.25, 0.3) is 0 Å². The molecule has 2 heteroatoms. The molecule has 16 heavy (non-hydrogen) atoms. The monoisotopic (exact) mass is 226 g/mol. The summed E-state index contributed by atoms with van der Waals surface area (Å²) < 4.78 is 5.55. The van der Waals surface area contributed by atoms with Crippen molar-refractivity contribution in [3.63, 3.8) is 0 Å². The smallest absolute Gasteiger partial charge is 0.0725 e. The zero-order valence-electron chi connectivity index (χ0n) is 10.7. The van der Waals surface area contributed by atoms with Crippen molar-refractivity contribution in [2.45, 2.75) is 70.5 Å². The summed E-state index contributed by atoms with van der Waals surface area (Å²) in [5.41, 5.74) is -0.376. The molecule has 0 saturated heterocycles. The Bertz CT molecular complexity index is 213. The molecule has 0 aromatic rings. The summed E-state index contributed by atoms with van der Waals surface area (Å²) in [6.45, 7) is 5.10. The molecule has 2 nitrogen and oxygen atoms in total. The molecule has 0 aromatic carbocycles. The van der Waals surface area contributed by atoms with E-state index in [1.165, 1.54) is 32.1 Å². The Labute approximate surface area is 99.4 Å². The van der Waals surface area contributed by atoms with E-state index in [4.69, 9.17) is 4.74 Å². The van der Waals surface area contributed by atoms with Gasteiger partial charge < -0.3 is 9.84 Å². The van der Waals surface area contributed by atoms with Crippen LogP contribution in [0.1, 0.15) is 58.8 Å². The van der Waals surface area contributed by atoms with E-state index in [2.05, 4.69) is 6.92 Å². The topological polar surface area (TPSA) is 29.5 Å². The highest BCUT2D eigenvalue weighted by Gasteiger charge is 2.49. The van der Waals surface area contributed by atoms with Crippen molar-refractivity contribution in [3.05, 3.63) is 0 Å². The van der Waals surface area contributed by atoms with Crippen LogP contribution in [0.3, 0.4) is 0 Å². The normalized spacial score (nSPS) is 44.1. The molecule has 2 aliphatic rings. The van der Waals surface area contributed by atoms with Gasteiger partial charge in [0.15, 0.2) is 0 Å². The summed E-state index contributed by atoms with van der Waals surface area (Å²) >= 11 is 0. The van der Waals surface area contributed by atoms with Crippen molar-refractivity contribution in [3.8, 4) is 0 Å². The van der Waals surface area contributed by atoms with Crippen LogP contribution >= 0.6 is 0 Å². The van der Waals surface area contributed by atoms with Crippen molar-refractivity contribution in [2.24, 2.45) is 11.8 Å². The SMILES string of the molecule is CCOC1CC(O)(C2CCC(CC)CC2)C1. The second-order valence-corrected chi connectivity index (χ2v) is 5.72. The molecule has 94 valence electrons. The van der Waals surface area contributed by atoms with E-state index in [0.29, 0.717) is 12.0 Å². The average Bonchev–Trinajstić information content (AvgIpc) is 2.27. The Balaban J connectivity index is 1.77. The summed E-state index contributed by atoms with van der Waals surface area (Å²) in [7, 11) is 0. The van der Waals surface area contributed by atoms with Gasteiger partial charge in [-0.3, -0.25) is 0 Å². The van der Waals surface area contributed by atoms with Crippen LogP contribution in [0.4, 0.5) is 0 Å². The van der Waals surface area contributed by atoms with Gasteiger partial charge in [0.1, 0.15) is 0 Å². The Kier molecular flexibility index (Phi) is 3.91.